The zero-order chi connectivity index (χ0) is 16.5. The Labute approximate surface area is 142 Å². The number of ether oxygens (including phenoxy) is 1. The van der Waals surface area contributed by atoms with Crippen molar-refractivity contribution < 1.29 is 9.53 Å². The highest BCUT2D eigenvalue weighted by molar-refractivity contribution is 5.94. The number of hydrogen-bond donors (Lipinski definition) is 1. The number of rotatable bonds is 6. The quantitative estimate of drug-likeness (QED) is 0.888. The molecule has 1 saturated carbocycles. The van der Waals surface area contributed by atoms with Crippen molar-refractivity contribution in [2.24, 2.45) is 5.92 Å². The van der Waals surface area contributed by atoms with Gasteiger partial charge in [-0.05, 0) is 57.1 Å². The van der Waals surface area contributed by atoms with Gasteiger partial charge in [-0.2, -0.15) is 5.10 Å². The van der Waals surface area contributed by atoms with Crippen molar-refractivity contribution in [3.63, 3.8) is 0 Å². The van der Waals surface area contributed by atoms with Crippen LogP contribution in [0.4, 0.5) is 5.82 Å². The van der Waals surface area contributed by atoms with Gasteiger partial charge in [0.05, 0.1) is 18.0 Å². The number of aromatic nitrogens is 2. The Morgan fingerprint density at radius 2 is 2.12 bits per heavy atom. The zero-order valence-corrected chi connectivity index (χ0v) is 14.0. The number of fused-ring (bicyclic) bond motifs is 1. The molecule has 0 aliphatic heterocycles. The molecule has 1 amide bonds. The summed E-state index contributed by atoms with van der Waals surface area (Å²) in [6.45, 7) is 2.51. The Bertz CT molecular complexity index is 735. The van der Waals surface area contributed by atoms with Crippen LogP contribution in [0.1, 0.15) is 37.4 Å². The lowest BCUT2D eigenvalue weighted by molar-refractivity contribution is -0.126. The van der Waals surface area contributed by atoms with Crippen molar-refractivity contribution in [3.05, 3.63) is 41.6 Å². The van der Waals surface area contributed by atoms with E-state index in [-0.39, 0.29) is 5.91 Å². The Morgan fingerprint density at radius 1 is 1.33 bits per heavy atom. The van der Waals surface area contributed by atoms with Crippen molar-refractivity contribution in [1.82, 2.24) is 9.78 Å². The topological polar surface area (TPSA) is 56.1 Å². The predicted molar refractivity (Wildman–Crippen MR) is 92.4 cm³/mol. The highest BCUT2D eigenvalue weighted by atomic mass is 16.5. The third-order valence-electron chi connectivity index (χ3n) is 4.80. The van der Waals surface area contributed by atoms with Gasteiger partial charge in [-0.3, -0.25) is 4.79 Å². The maximum Gasteiger partial charge on any atom is 0.254 e. The molecule has 0 radical (unpaired) electrons. The van der Waals surface area contributed by atoms with Gasteiger partial charge in [0.1, 0.15) is 11.9 Å². The van der Waals surface area contributed by atoms with Crippen molar-refractivity contribution in [1.29, 1.82) is 0 Å². The van der Waals surface area contributed by atoms with Crippen LogP contribution in [0.15, 0.2) is 30.3 Å². The molecule has 1 aromatic carbocycles. The number of aryl methyl sites for hydroxylation is 1. The average Bonchev–Trinajstić information content (AvgIpc) is 3.22. The predicted octanol–water partition coefficient (Wildman–Crippen LogP) is 3.11. The van der Waals surface area contributed by atoms with Crippen LogP contribution in [0.25, 0.3) is 5.69 Å². The molecule has 0 bridgehead atoms. The zero-order valence-electron chi connectivity index (χ0n) is 14.0. The number of nitrogens with zero attached hydrogens (tertiary/aromatic N) is 2. The van der Waals surface area contributed by atoms with Crippen LogP contribution < -0.4 is 5.32 Å². The van der Waals surface area contributed by atoms with Gasteiger partial charge in [-0.25, -0.2) is 4.68 Å². The summed E-state index contributed by atoms with van der Waals surface area (Å²) < 4.78 is 7.56. The lowest BCUT2D eigenvalue weighted by Gasteiger charge is -2.15. The van der Waals surface area contributed by atoms with E-state index in [1.807, 2.05) is 41.9 Å². The number of carbonyl (C=O) groups is 1. The standard InChI is InChI=1S/C19H23N3O2/c1-13(24-12-14-10-11-14)19(23)20-18-16-8-5-9-17(16)21-22(18)15-6-3-2-4-7-15/h2-4,6-7,13-14H,5,8-12H2,1H3,(H,20,23)/t13-/m0/s1. The van der Waals surface area contributed by atoms with E-state index in [0.717, 1.165) is 36.5 Å². The summed E-state index contributed by atoms with van der Waals surface area (Å²) in [4.78, 5) is 12.5. The highest BCUT2D eigenvalue weighted by Gasteiger charge is 2.27. The normalized spacial score (nSPS) is 17.5. The van der Waals surface area contributed by atoms with Gasteiger partial charge in [0.15, 0.2) is 0 Å². The van der Waals surface area contributed by atoms with Crippen molar-refractivity contribution in [2.45, 2.75) is 45.1 Å². The molecule has 1 aromatic heterocycles. The molecule has 2 aromatic rings. The van der Waals surface area contributed by atoms with E-state index in [9.17, 15) is 4.79 Å². The minimum Gasteiger partial charge on any atom is -0.368 e. The van der Waals surface area contributed by atoms with Gasteiger partial charge in [0.2, 0.25) is 0 Å². The summed E-state index contributed by atoms with van der Waals surface area (Å²) in [5.74, 6) is 1.36. The molecular weight excluding hydrogens is 302 g/mol. The molecule has 24 heavy (non-hydrogen) atoms. The Kier molecular flexibility index (Phi) is 4.10. The third-order valence-corrected chi connectivity index (χ3v) is 4.80. The molecule has 1 N–H and O–H groups in total. The van der Waals surface area contributed by atoms with Crippen LogP contribution in [0.2, 0.25) is 0 Å². The molecule has 1 heterocycles. The third kappa shape index (κ3) is 3.08. The molecule has 4 rings (SSSR count). The van der Waals surface area contributed by atoms with Gasteiger partial charge in [-0.15, -0.1) is 0 Å². The second-order valence-corrected chi connectivity index (χ2v) is 6.78. The van der Waals surface area contributed by atoms with Gasteiger partial charge in [-0.1, -0.05) is 18.2 Å². The number of para-hydroxylation sites is 1. The Balaban J connectivity index is 1.56. The fraction of sp³-hybridized carbons (Fsp3) is 0.474. The van der Waals surface area contributed by atoms with E-state index in [1.54, 1.807) is 0 Å². The number of carbonyl (C=O) groups excluding carboxylic acids is 1. The van der Waals surface area contributed by atoms with Crippen LogP contribution in [0.3, 0.4) is 0 Å². The van der Waals surface area contributed by atoms with E-state index in [0.29, 0.717) is 12.5 Å². The molecular formula is C19H23N3O2. The number of anilines is 1. The Morgan fingerprint density at radius 3 is 2.88 bits per heavy atom. The number of amides is 1. The maximum atomic E-state index is 12.5. The van der Waals surface area contributed by atoms with E-state index in [1.165, 1.54) is 18.4 Å². The second kappa shape index (κ2) is 6.40. The molecule has 126 valence electrons. The summed E-state index contributed by atoms with van der Waals surface area (Å²) in [7, 11) is 0. The second-order valence-electron chi connectivity index (χ2n) is 6.78. The van der Waals surface area contributed by atoms with Gasteiger partial charge in [0, 0.05) is 5.56 Å². The summed E-state index contributed by atoms with van der Waals surface area (Å²) in [5, 5.41) is 7.79. The molecule has 2 aliphatic carbocycles. The molecule has 1 fully saturated rings. The number of nitrogens with one attached hydrogen (secondary N) is 1. The van der Waals surface area contributed by atoms with Crippen molar-refractivity contribution in [3.8, 4) is 5.69 Å². The summed E-state index contributed by atoms with van der Waals surface area (Å²) >= 11 is 0. The van der Waals surface area contributed by atoms with E-state index in [4.69, 9.17) is 9.84 Å². The SMILES string of the molecule is C[C@H](OCC1CC1)C(=O)Nc1c2c(nn1-c1ccccc1)CCC2. The first-order valence-corrected chi connectivity index (χ1v) is 8.81. The molecule has 1 atom stereocenters. The highest BCUT2D eigenvalue weighted by Crippen LogP contribution is 2.31. The van der Waals surface area contributed by atoms with E-state index in [2.05, 4.69) is 5.32 Å². The fourth-order valence-corrected chi connectivity index (χ4v) is 3.14. The van der Waals surface area contributed by atoms with Gasteiger partial charge in [0.25, 0.3) is 5.91 Å². The van der Waals surface area contributed by atoms with Crippen molar-refractivity contribution in [2.75, 3.05) is 11.9 Å². The lowest BCUT2D eigenvalue weighted by atomic mass is 10.2. The first-order valence-electron chi connectivity index (χ1n) is 8.81. The van der Waals surface area contributed by atoms with Crippen molar-refractivity contribution >= 4 is 11.7 Å². The lowest BCUT2D eigenvalue weighted by Crippen LogP contribution is -2.29. The summed E-state index contributed by atoms with van der Waals surface area (Å²) in [5.41, 5.74) is 3.23. The minimum atomic E-state index is -0.443. The Hall–Kier alpha value is -2.14. The van der Waals surface area contributed by atoms with Crippen LogP contribution in [0, 0.1) is 5.92 Å². The van der Waals surface area contributed by atoms with Gasteiger partial charge < -0.3 is 10.1 Å². The first-order chi connectivity index (χ1) is 11.7. The van der Waals surface area contributed by atoms with Gasteiger partial charge >= 0.3 is 0 Å². The van der Waals surface area contributed by atoms with Crippen LogP contribution in [-0.4, -0.2) is 28.4 Å². The number of benzene rings is 1. The summed E-state index contributed by atoms with van der Waals surface area (Å²) in [6.07, 6.45) is 5.05. The van der Waals surface area contributed by atoms with Crippen LogP contribution in [-0.2, 0) is 22.4 Å². The molecule has 5 nitrogen and oxygen atoms in total. The van der Waals surface area contributed by atoms with Crippen LogP contribution in [0.5, 0.6) is 0 Å². The summed E-state index contributed by atoms with van der Waals surface area (Å²) in [6, 6.07) is 9.95. The van der Waals surface area contributed by atoms with E-state index < -0.39 is 6.10 Å². The number of hydrogen-bond acceptors (Lipinski definition) is 3. The minimum absolute atomic E-state index is 0.0950. The van der Waals surface area contributed by atoms with Crippen LogP contribution >= 0.6 is 0 Å². The molecule has 2 aliphatic rings. The van der Waals surface area contributed by atoms with E-state index >= 15 is 0 Å². The molecule has 0 unspecified atom stereocenters. The maximum absolute atomic E-state index is 12.5. The monoisotopic (exact) mass is 325 g/mol. The molecule has 0 spiro atoms. The average molecular weight is 325 g/mol. The smallest absolute Gasteiger partial charge is 0.254 e. The molecule has 0 saturated heterocycles. The first kappa shape index (κ1) is 15.4. The fourth-order valence-electron chi connectivity index (χ4n) is 3.14. The molecule has 5 heteroatoms. The largest absolute Gasteiger partial charge is 0.368 e.